The van der Waals surface area contributed by atoms with Gasteiger partial charge in [0.1, 0.15) is 17.2 Å². The predicted molar refractivity (Wildman–Crippen MR) is 136 cm³/mol. The Bertz CT molecular complexity index is 1450. The van der Waals surface area contributed by atoms with Crippen LogP contribution in [0.4, 0.5) is 8.78 Å². The molecule has 1 aliphatic heterocycles. The molecule has 0 atom stereocenters. The van der Waals surface area contributed by atoms with Crippen LogP contribution in [-0.4, -0.2) is 31.5 Å². The van der Waals surface area contributed by atoms with Crippen LogP contribution in [-0.2, 0) is 15.6 Å². The summed E-state index contributed by atoms with van der Waals surface area (Å²) in [5.74, 6) is -0.761. The van der Waals surface area contributed by atoms with Crippen LogP contribution in [0.1, 0.15) is 22.3 Å². The van der Waals surface area contributed by atoms with E-state index in [9.17, 15) is 17.2 Å². The van der Waals surface area contributed by atoms with Gasteiger partial charge in [0.2, 0.25) is 10.0 Å². The van der Waals surface area contributed by atoms with Crippen LogP contribution >= 0.6 is 0 Å². The van der Waals surface area contributed by atoms with Gasteiger partial charge in [0.05, 0.1) is 10.6 Å². The highest BCUT2D eigenvalue weighted by Crippen LogP contribution is 2.40. The molecule has 4 aromatic rings. The molecule has 1 saturated heterocycles. The number of hydrogen-bond donors (Lipinski definition) is 0. The highest BCUT2D eigenvalue weighted by molar-refractivity contribution is 7.89. The first-order valence-electron chi connectivity index (χ1n) is 11.5. The third-order valence-corrected chi connectivity index (χ3v) is 8.21. The van der Waals surface area contributed by atoms with Crippen LogP contribution in [0.2, 0.25) is 0 Å². The zero-order valence-corrected chi connectivity index (χ0v) is 20.4. The molecule has 4 nitrogen and oxygen atoms in total. The molecule has 5 rings (SSSR count). The molecule has 1 fully saturated rings. The van der Waals surface area contributed by atoms with Gasteiger partial charge in [-0.2, -0.15) is 4.31 Å². The van der Waals surface area contributed by atoms with Gasteiger partial charge < -0.3 is 0 Å². The van der Waals surface area contributed by atoms with E-state index in [-0.39, 0.29) is 29.6 Å². The van der Waals surface area contributed by atoms with Gasteiger partial charge in [-0.15, -0.1) is 0 Å². The van der Waals surface area contributed by atoms with Crippen LogP contribution in [0.5, 0.6) is 0 Å². The third-order valence-electron chi connectivity index (χ3n) is 6.41. The van der Waals surface area contributed by atoms with Crippen molar-refractivity contribution >= 4 is 15.7 Å². The van der Waals surface area contributed by atoms with Crippen LogP contribution in [0.15, 0.2) is 113 Å². The first-order valence-corrected chi connectivity index (χ1v) is 12.9. The minimum Gasteiger partial charge on any atom is -0.270 e. The van der Waals surface area contributed by atoms with Crippen molar-refractivity contribution in [3.63, 3.8) is 0 Å². The molecule has 182 valence electrons. The Labute approximate surface area is 209 Å². The molecule has 0 spiro atoms. The summed E-state index contributed by atoms with van der Waals surface area (Å²) < 4.78 is 55.5. The van der Waals surface area contributed by atoms with Gasteiger partial charge >= 0.3 is 0 Å². The summed E-state index contributed by atoms with van der Waals surface area (Å²) in [6.07, 6.45) is 0. The Morgan fingerprint density at radius 1 is 0.750 bits per heavy atom. The SMILES string of the molecule is Cc1ccc(S(=O)(=O)N2CC(N=C(c3ccc(F)cc3)c3ccc(F)cc3)(c3ccccc3)C2)cc1. The Morgan fingerprint density at radius 3 is 1.75 bits per heavy atom. The second-order valence-corrected chi connectivity index (χ2v) is 10.9. The number of aliphatic imine (C=N–C) groups is 1. The minimum absolute atomic E-state index is 0.138. The van der Waals surface area contributed by atoms with Crippen molar-refractivity contribution in [1.29, 1.82) is 0 Å². The van der Waals surface area contributed by atoms with E-state index in [4.69, 9.17) is 4.99 Å². The summed E-state index contributed by atoms with van der Waals surface area (Å²) in [6.45, 7) is 2.18. The standard InChI is InChI=1S/C29H24F2N2O2S/c1-21-7-17-27(18-8-21)36(34,35)33-19-29(20-33,24-5-3-2-4-6-24)32-28(22-9-13-25(30)14-10-22)23-11-15-26(31)16-12-23/h2-18H,19-20H2,1H3. The topological polar surface area (TPSA) is 49.7 Å². The van der Waals surface area contributed by atoms with E-state index in [1.807, 2.05) is 37.3 Å². The van der Waals surface area contributed by atoms with Gasteiger partial charge in [-0.25, -0.2) is 17.2 Å². The van der Waals surface area contributed by atoms with Crippen LogP contribution < -0.4 is 0 Å². The van der Waals surface area contributed by atoms with E-state index in [2.05, 4.69) is 0 Å². The molecule has 1 aliphatic rings. The van der Waals surface area contributed by atoms with Gasteiger partial charge in [-0.05, 0) is 73.2 Å². The first-order chi connectivity index (χ1) is 17.3. The fraction of sp³-hybridized carbons (Fsp3) is 0.138. The molecule has 0 amide bonds. The van der Waals surface area contributed by atoms with E-state index in [1.54, 1.807) is 48.5 Å². The number of rotatable bonds is 6. The van der Waals surface area contributed by atoms with E-state index >= 15 is 0 Å². The van der Waals surface area contributed by atoms with Gasteiger partial charge in [0, 0.05) is 24.2 Å². The molecule has 0 saturated carbocycles. The van der Waals surface area contributed by atoms with Crippen molar-refractivity contribution in [3.05, 3.63) is 137 Å². The van der Waals surface area contributed by atoms with Crippen LogP contribution in [0.25, 0.3) is 0 Å². The van der Waals surface area contributed by atoms with E-state index in [0.717, 1.165) is 11.1 Å². The second-order valence-electron chi connectivity index (χ2n) is 8.96. The third kappa shape index (κ3) is 4.59. The second kappa shape index (κ2) is 9.41. The molecule has 36 heavy (non-hydrogen) atoms. The summed E-state index contributed by atoms with van der Waals surface area (Å²) in [7, 11) is -3.71. The lowest BCUT2D eigenvalue weighted by Gasteiger charge is -2.47. The van der Waals surface area contributed by atoms with Crippen LogP contribution in [0, 0.1) is 18.6 Å². The summed E-state index contributed by atoms with van der Waals surface area (Å²) >= 11 is 0. The van der Waals surface area contributed by atoms with Crippen molar-refractivity contribution in [1.82, 2.24) is 4.31 Å². The van der Waals surface area contributed by atoms with Gasteiger partial charge in [0.25, 0.3) is 0 Å². The maximum atomic E-state index is 13.7. The highest BCUT2D eigenvalue weighted by atomic mass is 32.2. The number of nitrogens with zero attached hydrogens (tertiary/aromatic N) is 2. The van der Waals surface area contributed by atoms with Crippen molar-refractivity contribution in [3.8, 4) is 0 Å². The Kier molecular flexibility index (Phi) is 6.28. The van der Waals surface area contributed by atoms with E-state index < -0.39 is 15.6 Å². The summed E-state index contributed by atoms with van der Waals surface area (Å²) in [5, 5.41) is 0. The lowest BCUT2D eigenvalue weighted by atomic mass is 9.84. The number of aryl methyl sites for hydroxylation is 1. The number of hydrogen-bond acceptors (Lipinski definition) is 3. The van der Waals surface area contributed by atoms with Crippen LogP contribution in [0.3, 0.4) is 0 Å². The van der Waals surface area contributed by atoms with Crippen molar-refractivity contribution in [2.45, 2.75) is 17.4 Å². The molecule has 0 radical (unpaired) electrons. The molecule has 0 aliphatic carbocycles. The lowest BCUT2D eigenvalue weighted by Crippen LogP contribution is -2.60. The van der Waals surface area contributed by atoms with Crippen molar-refractivity contribution in [2.75, 3.05) is 13.1 Å². The molecule has 4 aromatic carbocycles. The monoisotopic (exact) mass is 502 g/mol. The van der Waals surface area contributed by atoms with E-state index in [0.29, 0.717) is 16.8 Å². The molecule has 0 N–H and O–H groups in total. The fourth-order valence-corrected chi connectivity index (χ4v) is 5.90. The maximum Gasteiger partial charge on any atom is 0.243 e. The Morgan fingerprint density at radius 2 is 1.25 bits per heavy atom. The quantitative estimate of drug-likeness (QED) is 0.317. The smallest absolute Gasteiger partial charge is 0.243 e. The lowest BCUT2D eigenvalue weighted by molar-refractivity contribution is 0.161. The predicted octanol–water partition coefficient (Wildman–Crippen LogP) is 5.71. The average Bonchev–Trinajstić information content (AvgIpc) is 2.86. The summed E-state index contributed by atoms with van der Waals surface area (Å²) in [5.41, 5.74) is 2.81. The number of halogens is 2. The molecular weight excluding hydrogens is 478 g/mol. The van der Waals surface area contributed by atoms with Gasteiger partial charge in [-0.3, -0.25) is 4.99 Å². The minimum atomic E-state index is -3.71. The molecular formula is C29H24F2N2O2S. The Balaban J connectivity index is 1.60. The largest absolute Gasteiger partial charge is 0.270 e. The molecule has 1 heterocycles. The number of sulfonamides is 1. The van der Waals surface area contributed by atoms with Gasteiger partial charge in [-0.1, -0.05) is 48.0 Å². The maximum absolute atomic E-state index is 13.7. The number of benzene rings is 4. The fourth-order valence-electron chi connectivity index (χ4n) is 4.36. The normalized spacial score (nSPS) is 15.2. The highest BCUT2D eigenvalue weighted by Gasteiger charge is 2.50. The van der Waals surface area contributed by atoms with Crippen molar-refractivity contribution in [2.24, 2.45) is 4.99 Å². The van der Waals surface area contributed by atoms with E-state index in [1.165, 1.54) is 28.6 Å². The molecule has 0 bridgehead atoms. The van der Waals surface area contributed by atoms with Crippen molar-refractivity contribution < 1.29 is 17.2 Å². The average molecular weight is 503 g/mol. The Hall–Kier alpha value is -3.68. The van der Waals surface area contributed by atoms with Gasteiger partial charge in [0.15, 0.2) is 0 Å². The zero-order valence-electron chi connectivity index (χ0n) is 19.6. The molecule has 0 aromatic heterocycles. The summed E-state index contributed by atoms with van der Waals surface area (Å²) in [4.78, 5) is 5.35. The molecule has 7 heteroatoms. The summed E-state index contributed by atoms with van der Waals surface area (Å²) in [6, 6.07) is 28.1. The molecule has 0 unspecified atom stereocenters. The first kappa shape index (κ1) is 24.0. The zero-order chi connectivity index (χ0) is 25.3.